The molecule has 0 aliphatic carbocycles. The van der Waals surface area contributed by atoms with Crippen LogP contribution in [0.2, 0.25) is 0 Å². The molecule has 1 aliphatic heterocycles. The Morgan fingerprint density at radius 3 is 3.00 bits per heavy atom. The van der Waals surface area contributed by atoms with Crippen molar-refractivity contribution in [2.75, 3.05) is 13.1 Å². The first-order chi connectivity index (χ1) is 12.3. The quantitative estimate of drug-likeness (QED) is 0.753. The van der Waals surface area contributed by atoms with E-state index in [2.05, 4.69) is 39.9 Å². The molecule has 0 spiro atoms. The van der Waals surface area contributed by atoms with Gasteiger partial charge in [0, 0.05) is 25.6 Å². The van der Waals surface area contributed by atoms with E-state index in [0.717, 1.165) is 24.0 Å². The standard InChI is InChI=1S/C20H22N4O/c25-20(10-12-24-14-23-17-7-3-4-8-19(17)24)22-13-18-16-6-2-1-5-15(16)9-11-21-18/h1-8,14,18,21H,9-13H2,(H,22,25). The molecule has 3 aromatic rings. The summed E-state index contributed by atoms with van der Waals surface area (Å²) in [5, 5.41) is 6.56. The van der Waals surface area contributed by atoms with Gasteiger partial charge in [0.25, 0.3) is 0 Å². The number of nitrogens with zero attached hydrogens (tertiary/aromatic N) is 2. The molecule has 2 aromatic carbocycles. The summed E-state index contributed by atoms with van der Waals surface area (Å²) in [6, 6.07) is 16.6. The van der Waals surface area contributed by atoms with E-state index in [1.165, 1.54) is 11.1 Å². The number of rotatable bonds is 5. The fourth-order valence-corrected chi connectivity index (χ4v) is 3.49. The van der Waals surface area contributed by atoms with Crippen molar-refractivity contribution in [3.63, 3.8) is 0 Å². The van der Waals surface area contributed by atoms with Crippen LogP contribution in [0.5, 0.6) is 0 Å². The Balaban J connectivity index is 1.33. The van der Waals surface area contributed by atoms with Crippen molar-refractivity contribution < 1.29 is 4.79 Å². The number of hydrogen-bond donors (Lipinski definition) is 2. The molecule has 128 valence electrons. The first kappa shape index (κ1) is 15.8. The van der Waals surface area contributed by atoms with Gasteiger partial charge in [-0.3, -0.25) is 4.79 Å². The summed E-state index contributed by atoms with van der Waals surface area (Å²) >= 11 is 0. The zero-order valence-electron chi connectivity index (χ0n) is 14.1. The number of fused-ring (bicyclic) bond motifs is 2. The fourth-order valence-electron chi connectivity index (χ4n) is 3.49. The van der Waals surface area contributed by atoms with Crippen molar-refractivity contribution in [3.8, 4) is 0 Å². The first-order valence-corrected chi connectivity index (χ1v) is 8.79. The van der Waals surface area contributed by atoms with Crippen LogP contribution in [-0.2, 0) is 17.8 Å². The number of aromatic nitrogens is 2. The van der Waals surface area contributed by atoms with Gasteiger partial charge in [0.15, 0.2) is 0 Å². The van der Waals surface area contributed by atoms with Gasteiger partial charge in [-0.25, -0.2) is 4.98 Å². The molecule has 5 nitrogen and oxygen atoms in total. The van der Waals surface area contributed by atoms with Gasteiger partial charge >= 0.3 is 0 Å². The third-order valence-corrected chi connectivity index (χ3v) is 4.83. The molecule has 0 saturated carbocycles. The molecule has 0 bridgehead atoms. The van der Waals surface area contributed by atoms with E-state index in [9.17, 15) is 4.79 Å². The summed E-state index contributed by atoms with van der Waals surface area (Å²) in [5.41, 5.74) is 4.71. The normalized spacial score (nSPS) is 16.6. The number of imidazole rings is 1. The van der Waals surface area contributed by atoms with Gasteiger partial charge in [-0.2, -0.15) is 0 Å². The maximum atomic E-state index is 12.3. The smallest absolute Gasteiger partial charge is 0.221 e. The summed E-state index contributed by atoms with van der Waals surface area (Å²) in [6.07, 6.45) is 3.31. The van der Waals surface area contributed by atoms with Crippen LogP contribution in [0.3, 0.4) is 0 Å². The molecule has 1 amide bonds. The Morgan fingerprint density at radius 2 is 2.04 bits per heavy atom. The molecule has 25 heavy (non-hydrogen) atoms. The van der Waals surface area contributed by atoms with Gasteiger partial charge in [0.2, 0.25) is 5.91 Å². The van der Waals surface area contributed by atoms with Gasteiger partial charge < -0.3 is 15.2 Å². The second-order valence-corrected chi connectivity index (χ2v) is 6.44. The number of benzene rings is 2. The van der Waals surface area contributed by atoms with Crippen LogP contribution in [0, 0.1) is 0 Å². The highest BCUT2D eigenvalue weighted by Gasteiger charge is 2.19. The molecule has 0 radical (unpaired) electrons. The van der Waals surface area contributed by atoms with Crippen molar-refractivity contribution in [2.24, 2.45) is 0 Å². The molecule has 1 aliphatic rings. The SMILES string of the molecule is O=C(CCn1cnc2ccccc21)NCC1NCCc2ccccc21. The van der Waals surface area contributed by atoms with Crippen LogP contribution >= 0.6 is 0 Å². The summed E-state index contributed by atoms with van der Waals surface area (Å²) in [4.78, 5) is 16.6. The molecule has 1 aromatic heterocycles. The average Bonchev–Trinajstić information content (AvgIpc) is 3.08. The Hall–Kier alpha value is -2.66. The van der Waals surface area contributed by atoms with Crippen LogP contribution in [0.1, 0.15) is 23.6 Å². The summed E-state index contributed by atoms with van der Waals surface area (Å²) < 4.78 is 2.03. The lowest BCUT2D eigenvalue weighted by molar-refractivity contribution is -0.121. The van der Waals surface area contributed by atoms with Gasteiger partial charge in [-0.05, 0) is 36.2 Å². The Morgan fingerprint density at radius 1 is 1.20 bits per heavy atom. The average molecular weight is 334 g/mol. The van der Waals surface area contributed by atoms with E-state index >= 15 is 0 Å². The van der Waals surface area contributed by atoms with E-state index in [1.807, 2.05) is 28.8 Å². The van der Waals surface area contributed by atoms with Crippen molar-refractivity contribution in [2.45, 2.75) is 25.4 Å². The number of aryl methyl sites for hydroxylation is 1. The largest absolute Gasteiger partial charge is 0.354 e. The third-order valence-electron chi connectivity index (χ3n) is 4.83. The van der Waals surface area contributed by atoms with E-state index in [4.69, 9.17) is 0 Å². The molecular weight excluding hydrogens is 312 g/mol. The molecule has 1 unspecified atom stereocenters. The minimum atomic E-state index is 0.0719. The van der Waals surface area contributed by atoms with Crippen LogP contribution < -0.4 is 10.6 Å². The third kappa shape index (κ3) is 3.42. The van der Waals surface area contributed by atoms with Gasteiger partial charge in [-0.15, -0.1) is 0 Å². The highest BCUT2D eigenvalue weighted by Crippen LogP contribution is 2.21. The zero-order chi connectivity index (χ0) is 17.1. The predicted molar refractivity (Wildman–Crippen MR) is 98.2 cm³/mol. The van der Waals surface area contributed by atoms with Crippen LogP contribution in [0.4, 0.5) is 0 Å². The van der Waals surface area contributed by atoms with Crippen molar-refractivity contribution in [1.82, 2.24) is 20.2 Å². The summed E-state index contributed by atoms with van der Waals surface area (Å²) in [7, 11) is 0. The second kappa shape index (κ2) is 7.07. The van der Waals surface area contributed by atoms with Crippen LogP contribution in [0.15, 0.2) is 54.9 Å². The molecular formula is C20H22N4O. The number of para-hydroxylation sites is 2. The van der Waals surface area contributed by atoms with E-state index in [0.29, 0.717) is 19.5 Å². The van der Waals surface area contributed by atoms with Gasteiger partial charge in [-0.1, -0.05) is 36.4 Å². The highest BCUT2D eigenvalue weighted by molar-refractivity contribution is 5.77. The number of hydrogen-bond acceptors (Lipinski definition) is 3. The zero-order valence-corrected chi connectivity index (χ0v) is 14.1. The lowest BCUT2D eigenvalue weighted by atomic mass is 9.94. The van der Waals surface area contributed by atoms with Crippen molar-refractivity contribution in [3.05, 3.63) is 66.0 Å². The van der Waals surface area contributed by atoms with Gasteiger partial charge in [0.05, 0.1) is 17.4 Å². The topological polar surface area (TPSA) is 59.0 Å². The van der Waals surface area contributed by atoms with Crippen molar-refractivity contribution in [1.29, 1.82) is 0 Å². The van der Waals surface area contributed by atoms with Crippen LogP contribution in [0.25, 0.3) is 11.0 Å². The number of carbonyl (C=O) groups excluding carboxylic acids is 1. The molecule has 2 heterocycles. The van der Waals surface area contributed by atoms with Gasteiger partial charge in [0.1, 0.15) is 0 Å². The fraction of sp³-hybridized carbons (Fsp3) is 0.300. The minimum Gasteiger partial charge on any atom is -0.354 e. The monoisotopic (exact) mass is 334 g/mol. The summed E-state index contributed by atoms with van der Waals surface area (Å²) in [6.45, 7) is 2.22. The van der Waals surface area contributed by atoms with Crippen LogP contribution in [-0.4, -0.2) is 28.5 Å². The maximum absolute atomic E-state index is 12.3. The minimum absolute atomic E-state index is 0.0719. The Kier molecular flexibility index (Phi) is 4.48. The maximum Gasteiger partial charge on any atom is 0.221 e. The van der Waals surface area contributed by atoms with E-state index < -0.39 is 0 Å². The molecule has 5 heteroatoms. The van der Waals surface area contributed by atoms with E-state index in [1.54, 1.807) is 6.33 Å². The molecule has 2 N–H and O–H groups in total. The first-order valence-electron chi connectivity index (χ1n) is 8.79. The number of amides is 1. The molecule has 1 atom stereocenters. The number of carbonyl (C=O) groups is 1. The molecule has 4 rings (SSSR count). The van der Waals surface area contributed by atoms with Crippen molar-refractivity contribution >= 4 is 16.9 Å². The molecule has 0 fully saturated rings. The molecule has 0 saturated heterocycles. The summed E-state index contributed by atoms with van der Waals surface area (Å²) in [5.74, 6) is 0.0719. The Bertz CT molecular complexity index is 886. The van der Waals surface area contributed by atoms with E-state index in [-0.39, 0.29) is 11.9 Å². The second-order valence-electron chi connectivity index (χ2n) is 6.44. The lowest BCUT2D eigenvalue weighted by Gasteiger charge is -2.27. The lowest BCUT2D eigenvalue weighted by Crippen LogP contribution is -2.39. The highest BCUT2D eigenvalue weighted by atomic mass is 16.1. The Labute approximate surface area is 147 Å². The predicted octanol–water partition coefficient (Wildman–Crippen LogP) is 2.43. The number of nitrogens with one attached hydrogen (secondary N) is 2.